The van der Waals surface area contributed by atoms with Crippen LogP contribution in [0, 0.1) is 5.82 Å². The largest absolute Gasteiger partial charge is 0.339 e. The first-order valence-corrected chi connectivity index (χ1v) is 7.20. The zero-order valence-electron chi connectivity index (χ0n) is 12.8. The van der Waals surface area contributed by atoms with Gasteiger partial charge in [-0.3, -0.25) is 4.79 Å². The summed E-state index contributed by atoms with van der Waals surface area (Å²) >= 11 is 0. The Hall–Kier alpha value is -1.42. The molecular weight excluding hydrogens is 255 g/mol. The lowest BCUT2D eigenvalue weighted by Gasteiger charge is -2.25. The van der Waals surface area contributed by atoms with E-state index in [1.54, 1.807) is 31.0 Å². The van der Waals surface area contributed by atoms with E-state index in [2.05, 4.69) is 6.92 Å². The van der Waals surface area contributed by atoms with Crippen molar-refractivity contribution in [2.24, 2.45) is 5.73 Å². The SMILES string of the molecule is CCCCC(C)N(C)C(=O)c1ccc([C@@H](C)N)c(F)c1. The molecule has 0 aromatic heterocycles. The molecule has 1 rings (SSSR count). The van der Waals surface area contributed by atoms with Gasteiger partial charge in [0.2, 0.25) is 0 Å². The van der Waals surface area contributed by atoms with Crippen molar-refractivity contribution in [2.45, 2.75) is 52.1 Å². The molecule has 0 saturated heterocycles. The van der Waals surface area contributed by atoms with E-state index >= 15 is 0 Å². The number of nitrogens with two attached hydrogens (primary N) is 1. The quantitative estimate of drug-likeness (QED) is 0.867. The van der Waals surface area contributed by atoms with Gasteiger partial charge in [0.15, 0.2) is 0 Å². The monoisotopic (exact) mass is 280 g/mol. The number of hydrogen-bond acceptors (Lipinski definition) is 2. The summed E-state index contributed by atoms with van der Waals surface area (Å²) in [4.78, 5) is 14.0. The Kier molecular flexibility index (Phi) is 6.14. The van der Waals surface area contributed by atoms with Crippen molar-refractivity contribution in [3.63, 3.8) is 0 Å². The van der Waals surface area contributed by atoms with E-state index in [4.69, 9.17) is 5.73 Å². The Bertz CT molecular complexity index is 460. The van der Waals surface area contributed by atoms with Crippen molar-refractivity contribution >= 4 is 5.91 Å². The highest BCUT2D eigenvalue weighted by atomic mass is 19.1. The van der Waals surface area contributed by atoms with Crippen LogP contribution in [0.2, 0.25) is 0 Å². The fourth-order valence-electron chi connectivity index (χ4n) is 2.13. The van der Waals surface area contributed by atoms with Gasteiger partial charge >= 0.3 is 0 Å². The van der Waals surface area contributed by atoms with Gasteiger partial charge in [-0.25, -0.2) is 4.39 Å². The Morgan fingerprint density at radius 3 is 2.55 bits per heavy atom. The highest BCUT2D eigenvalue weighted by Crippen LogP contribution is 2.18. The van der Waals surface area contributed by atoms with E-state index in [0.29, 0.717) is 11.1 Å². The van der Waals surface area contributed by atoms with Crippen molar-refractivity contribution in [2.75, 3.05) is 7.05 Å². The van der Waals surface area contributed by atoms with Crippen molar-refractivity contribution in [1.29, 1.82) is 0 Å². The third-order valence-corrected chi connectivity index (χ3v) is 3.69. The van der Waals surface area contributed by atoms with Gasteiger partial charge in [-0.2, -0.15) is 0 Å². The predicted molar refractivity (Wildman–Crippen MR) is 80.1 cm³/mol. The van der Waals surface area contributed by atoms with Gasteiger partial charge in [-0.1, -0.05) is 25.8 Å². The molecule has 1 aromatic rings. The minimum Gasteiger partial charge on any atom is -0.339 e. The first-order valence-electron chi connectivity index (χ1n) is 7.20. The van der Waals surface area contributed by atoms with Gasteiger partial charge in [0.25, 0.3) is 5.91 Å². The lowest BCUT2D eigenvalue weighted by molar-refractivity contribution is 0.0735. The predicted octanol–water partition coefficient (Wildman–Crippen LogP) is 3.50. The summed E-state index contributed by atoms with van der Waals surface area (Å²) in [7, 11) is 1.76. The van der Waals surface area contributed by atoms with Gasteiger partial charge in [-0.15, -0.1) is 0 Å². The number of rotatable bonds is 6. The number of carbonyl (C=O) groups is 1. The second-order valence-electron chi connectivity index (χ2n) is 5.43. The highest BCUT2D eigenvalue weighted by molar-refractivity contribution is 5.94. The van der Waals surface area contributed by atoms with Gasteiger partial charge in [0.05, 0.1) is 0 Å². The standard InChI is InChI=1S/C16H25FN2O/c1-5-6-7-11(2)19(4)16(20)13-8-9-14(12(3)18)15(17)10-13/h8-12H,5-7,18H2,1-4H3/t11?,12-/m1/s1. The lowest BCUT2D eigenvalue weighted by Crippen LogP contribution is -2.35. The van der Waals surface area contributed by atoms with E-state index in [0.717, 1.165) is 19.3 Å². The summed E-state index contributed by atoms with van der Waals surface area (Å²) in [5.41, 5.74) is 6.47. The third-order valence-electron chi connectivity index (χ3n) is 3.69. The number of halogens is 1. The molecule has 20 heavy (non-hydrogen) atoms. The molecule has 2 atom stereocenters. The number of unbranched alkanes of at least 4 members (excludes halogenated alkanes) is 1. The molecular formula is C16H25FN2O. The van der Waals surface area contributed by atoms with Crippen molar-refractivity contribution < 1.29 is 9.18 Å². The molecule has 1 unspecified atom stereocenters. The third kappa shape index (κ3) is 4.04. The maximum Gasteiger partial charge on any atom is 0.253 e. The average Bonchev–Trinajstić information content (AvgIpc) is 2.42. The number of carbonyl (C=O) groups excluding carboxylic acids is 1. The van der Waals surface area contributed by atoms with Crippen LogP contribution in [0.5, 0.6) is 0 Å². The minimum atomic E-state index is -0.416. The molecule has 1 amide bonds. The van der Waals surface area contributed by atoms with Gasteiger partial charge in [0, 0.05) is 30.3 Å². The fraction of sp³-hybridized carbons (Fsp3) is 0.562. The molecule has 0 aliphatic rings. The molecule has 0 spiro atoms. The lowest BCUT2D eigenvalue weighted by atomic mass is 10.0. The highest BCUT2D eigenvalue weighted by Gasteiger charge is 2.18. The van der Waals surface area contributed by atoms with E-state index in [9.17, 15) is 9.18 Å². The molecule has 1 aromatic carbocycles. The van der Waals surface area contributed by atoms with Crippen LogP contribution in [-0.4, -0.2) is 23.9 Å². The average molecular weight is 280 g/mol. The molecule has 0 saturated carbocycles. The van der Waals surface area contributed by atoms with Crippen molar-refractivity contribution in [1.82, 2.24) is 4.90 Å². The van der Waals surface area contributed by atoms with Crippen molar-refractivity contribution in [3.8, 4) is 0 Å². The summed E-state index contributed by atoms with van der Waals surface area (Å²) in [6.07, 6.45) is 3.14. The second kappa shape index (κ2) is 7.39. The molecule has 4 heteroatoms. The summed E-state index contributed by atoms with van der Waals surface area (Å²) in [5, 5.41) is 0. The maximum absolute atomic E-state index is 13.9. The van der Waals surface area contributed by atoms with Crippen LogP contribution in [-0.2, 0) is 0 Å². The molecule has 0 fully saturated rings. The maximum atomic E-state index is 13.9. The van der Waals surface area contributed by atoms with Gasteiger partial charge in [0.1, 0.15) is 5.82 Å². The first kappa shape index (κ1) is 16.6. The summed E-state index contributed by atoms with van der Waals surface area (Å²) in [6.45, 7) is 5.86. The van der Waals surface area contributed by atoms with E-state index in [-0.39, 0.29) is 18.0 Å². The topological polar surface area (TPSA) is 46.3 Å². The van der Waals surface area contributed by atoms with E-state index in [1.165, 1.54) is 6.07 Å². The molecule has 0 aliphatic heterocycles. The molecule has 0 radical (unpaired) electrons. The van der Waals surface area contributed by atoms with Gasteiger partial charge in [-0.05, 0) is 32.4 Å². The second-order valence-corrected chi connectivity index (χ2v) is 5.43. The smallest absolute Gasteiger partial charge is 0.253 e. The first-order chi connectivity index (χ1) is 9.38. The Morgan fingerprint density at radius 1 is 1.40 bits per heavy atom. The molecule has 2 N–H and O–H groups in total. The molecule has 0 bridgehead atoms. The van der Waals surface area contributed by atoms with Crippen LogP contribution in [0.15, 0.2) is 18.2 Å². The Labute approximate surface area is 121 Å². The van der Waals surface area contributed by atoms with Gasteiger partial charge < -0.3 is 10.6 Å². The normalized spacial score (nSPS) is 13.9. The van der Waals surface area contributed by atoms with Crippen LogP contribution in [0.1, 0.15) is 62.0 Å². The van der Waals surface area contributed by atoms with Crippen LogP contribution in [0.3, 0.4) is 0 Å². The molecule has 112 valence electrons. The van der Waals surface area contributed by atoms with E-state index in [1.807, 2.05) is 6.92 Å². The van der Waals surface area contributed by atoms with Crippen LogP contribution in [0.4, 0.5) is 4.39 Å². The number of benzene rings is 1. The number of hydrogen-bond donors (Lipinski definition) is 1. The Morgan fingerprint density at radius 2 is 2.05 bits per heavy atom. The molecule has 3 nitrogen and oxygen atoms in total. The zero-order chi connectivity index (χ0) is 15.3. The fourth-order valence-corrected chi connectivity index (χ4v) is 2.13. The van der Waals surface area contributed by atoms with Crippen molar-refractivity contribution in [3.05, 3.63) is 35.1 Å². The molecule has 0 heterocycles. The zero-order valence-corrected chi connectivity index (χ0v) is 12.8. The van der Waals surface area contributed by atoms with E-state index < -0.39 is 5.82 Å². The molecule has 0 aliphatic carbocycles. The number of nitrogens with zero attached hydrogens (tertiary/aromatic N) is 1. The summed E-state index contributed by atoms with van der Waals surface area (Å²) in [6, 6.07) is 4.30. The summed E-state index contributed by atoms with van der Waals surface area (Å²) < 4.78 is 13.9. The Balaban J connectivity index is 2.84. The number of amides is 1. The van der Waals surface area contributed by atoms with Crippen LogP contribution < -0.4 is 5.73 Å². The van der Waals surface area contributed by atoms with Crippen LogP contribution in [0.25, 0.3) is 0 Å². The van der Waals surface area contributed by atoms with Crippen LogP contribution >= 0.6 is 0 Å². The minimum absolute atomic E-state index is 0.149. The summed E-state index contributed by atoms with van der Waals surface area (Å²) in [5.74, 6) is -0.566.